The van der Waals surface area contributed by atoms with Crippen LogP contribution in [0.3, 0.4) is 0 Å². The molecule has 4 atom stereocenters. The van der Waals surface area contributed by atoms with Crippen molar-refractivity contribution in [3.05, 3.63) is 29.8 Å². The van der Waals surface area contributed by atoms with E-state index in [0.29, 0.717) is 6.07 Å². The maximum absolute atomic E-state index is 13.1. The fourth-order valence-electron chi connectivity index (χ4n) is 2.74. The van der Waals surface area contributed by atoms with E-state index in [9.17, 15) is 30.4 Å². The minimum absolute atomic E-state index is 0.0593. The van der Waals surface area contributed by atoms with E-state index in [4.69, 9.17) is 16.3 Å². The molecule has 1 aromatic carbocycles. The van der Waals surface area contributed by atoms with Crippen LogP contribution >= 0.6 is 11.6 Å². The minimum Gasteiger partial charge on any atom is -0.772 e. The number of benzene rings is 1. The predicted octanol–water partition coefficient (Wildman–Crippen LogP) is 2.51. The third-order valence-corrected chi connectivity index (χ3v) is 8.25. The molecule has 0 amide bonds. The summed E-state index contributed by atoms with van der Waals surface area (Å²) >= 11 is 3.57. The molecule has 0 aromatic heterocycles. The third kappa shape index (κ3) is 3.87. The molecular weight excluding hydrogens is 405 g/mol. The van der Waals surface area contributed by atoms with Crippen molar-refractivity contribution in [2.24, 2.45) is 0 Å². The van der Waals surface area contributed by atoms with E-state index in [0.717, 1.165) is 18.2 Å². The van der Waals surface area contributed by atoms with Crippen LogP contribution in [0.5, 0.6) is 0 Å². The Kier molecular flexibility index (Phi) is 5.90. The van der Waals surface area contributed by atoms with Crippen molar-refractivity contribution < 1.29 is 35.1 Å². The number of hydrogen-bond acceptors (Lipinski definition) is 5. The highest BCUT2D eigenvalue weighted by Gasteiger charge is 2.54. The van der Waals surface area contributed by atoms with E-state index in [1.165, 1.54) is 6.92 Å². The lowest BCUT2D eigenvalue weighted by atomic mass is 9.95. The van der Waals surface area contributed by atoms with E-state index in [1.54, 1.807) is 0 Å². The smallest absolute Gasteiger partial charge is 0.416 e. The highest BCUT2D eigenvalue weighted by Crippen LogP contribution is 2.41. The summed E-state index contributed by atoms with van der Waals surface area (Å²) in [6, 6.07) is 3.27. The van der Waals surface area contributed by atoms with Gasteiger partial charge in [0.25, 0.3) is 0 Å². The number of alkyl halides is 4. The van der Waals surface area contributed by atoms with Crippen molar-refractivity contribution in [3.63, 3.8) is 0 Å². The fraction of sp³-hybridized carbons (Fsp3) is 0.571. The van der Waals surface area contributed by atoms with Crippen molar-refractivity contribution in [2.45, 2.75) is 40.6 Å². The maximum Gasteiger partial charge on any atom is 0.416 e. The summed E-state index contributed by atoms with van der Waals surface area (Å²) in [7, 11) is -4.42. The molecule has 1 aliphatic heterocycles. The summed E-state index contributed by atoms with van der Waals surface area (Å²) in [4.78, 5) is -0.581. The monoisotopic (exact) mass is 419 g/mol. The molecule has 0 bridgehead atoms. The van der Waals surface area contributed by atoms with Gasteiger partial charge in [0.2, 0.25) is 0 Å². The Morgan fingerprint density at radius 2 is 2.08 bits per heavy atom. The number of rotatable bonds is 4. The normalized spacial score (nSPS) is 29.4. The zero-order valence-electron chi connectivity index (χ0n) is 13.0. The first kappa shape index (κ1) is 20.6. The summed E-state index contributed by atoms with van der Waals surface area (Å²) in [6.45, 7) is 1.26. The van der Waals surface area contributed by atoms with Gasteiger partial charge < -0.3 is 9.29 Å². The summed E-state index contributed by atoms with van der Waals surface area (Å²) in [5.41, 5.74) is -1.12. The first-order valence-electron chi connectivity index (χ1n) is 7.14. The van der Waals surface area contributed by atoms with Crippen molar-refractivity contribution in [1.29, 1.82) is 0 Å². The lowest BCUT2D eigenvalue weighted by molar-refractivity contribution is -0.137. The molecule has 142 valence electrons. The molecule has 1 heterocycles. The molecule has 11 heteroatoms. The van der Waals surface area contributed by atoms with Gasteiger partial charge in [-0.1, -0.05) is 17.1 Å². The maximum atomic E-state index is 13.1. The van der Waals surface area contributed by atoms with Crippen molar-refractivity contribution in [3.8, 4) is 0 Å². The molecule has 4 unspecified atom stereocenters. The Balaban J connectivity index is 2.56. The van der Waals surface area contributed by atoms with Crippen molar-refractivity contribution >= 4 is 32.5 Å². The first-order valence-corrected chi connectivity index (χ1v) is 10.3. The average Bonchev–Trinajstić information content (AvgIpc) is 2.50. The third-order valence-electron chi connectivity index (χ3n) is 4.29. The molecule has 0 radical (unpaired) electrons. The lowest BCUT2D eigenvalue weighted by Crippen LogP contribution is -2.59. The van der Waals surface area contributed by atoms with Crippen LogP contribution < -0.4 is 0 Å². The van der Waals surface area contributed by atoms with Crippen LogP contribution in [0.15, 0.2) is 29.2 Å². The van der Waals surface area contributed by atoms with Gasteiger partial charge in [-0.15, -0.1) is 11.6 Å². The molecule has 25 heavy (non-hydrogen) atoms. The SMILES string of the molecule is CC1(S(=O)(=O)c2cccc(C(F)(F)F)c2)C(Cl)CCOC1CS(=O)[O-]. The van der Waals surface area contributed by atoms with Crippen LogP contribution in [0.2, 0.25) is 0 Å². The number of ether oxygens (including phenoxy) is 1. The molecule has 0 spiro atoms. The second kappa shape index (κ2) is 7.15. The highest BCUT2D eigenvalue weighted by molar-refractivity contribution is 7.93. The molecule has 2 rings (SSSR count). The molecule has 5 nitrogen and oxygen atoms in total. The van der Waals surface area contributed by atoms with Gasteiger partial charge in [-0.05, 0) is 31.5 Å². The molecular formula is C14H15ClF3O5S2-. The lowest BCUT2D eigenvalue weighted by Gasteiger charge is -2.44. The van der Waals surface area contributed by atoms with Gasteiger partial charge >= 0.3 is 6.18 Å². The van der Waals surface area contributed by atoms with E-state index >= 15 is 0 Å². The second-order valence-electron chi connectivity index (χ2n) is 5.80. The average molecular weight is 420 g/mol. The molecule has 1 saturated heterocycles. The number of sulfone groups is 1. The highest BCUT2D eigenvalue weighted by atomic mass is 35.5. The zero-order chi connectivity index (χ0) is 19.0. The Labute approximate surface area is 150 Å². The molecule has 1 aliphatic rings. The van der Waals surface area contributed by atoms with Crippen molar-refractivity contribution in [1.82, 2.24) is 0 Å². The molecule has 1 fully saturated rings. The van der Waals surface area contributed by atoms with Crippen molar-refractivity contribution in [2.75, 3.05) is 12.4 Å². The van der Waals surface area contributed by atoms with Crippen LogP contribution in [0.4, 0.5) is 13.2 Å². The minimum atomic E-state index is -4.72. The Hall–Kier alpha value is -0.680. The summed E-state index contributed by atoms with van der Waals surface area (Å²) < 4.78 is 90.3. The standard InChI is InChI=1S/C14H16ClF3O5S2/c1-13(11(15)5-6-23-12(13)8-24(19)20)25(21,22)10-4-2-3-9(7-10)14(16,17)18/h2-4,7,11-12H,5-6,8H2,1H3,(H,19,20)/p-1. The van der Waals surface area contributed by atoms with Gasteiger partial charge in [0, 0.05) is 12.4 Å². The van der Waals surface area contributed by atoms with E-state index in [-0.39, 0.29) is 13.0 Å². The summed E-state index contributed by atoms with van der Waals surface area (Å²) in [5, 5.41) is -1.02. The Bertz CT molecular complexity index is 768. The van der Waals surface area contributed by atoms with E-state index in [1.807, 2.05) is 0 Å². The second-order valence-corrected chi connectivity index (χ2v) is 9.62. The van der Waals surface area contributed by atoms with Gasteiger partial charge in [0.1, 0.15) is 4.75 Å². The molecule has 0 N–H and O–H groups in total. The fourth-order valence-corrected chi connectivity index (χ4v) is 6.12. The van der Waals surface area contributed by atoms with Gasteiger partial charge in [0.15, 0.2) is 9.84 Å². The van der Waals surface area contributed by atoms with Crippen LogP contribution in [0.1, 0.15) is 18.9 Å². The van der Waals surface area contributed by atoms with Gasteiger partial charge in [-0.2, -0.15) is 13.2 Å². The number of hydrogen-bond donors (Lipinski definition) is 0. The van der Waals surface area contributed by atoms with Crippen LogP contribution in [-0.4, -0.2) is 45.8 Å². The molecule has 1 aromatic rings. The van der Waals surface area contributed by atoms with Gasteiger partial charge in [-0.3, -0.25) is 4.21 Å². The molecule has 0 aliphatic carbocycles. The quantitative estimate of drug-likeness (QED) is 0.553. The number of halogens is 4. The Morgan fingerprint density at radius 3 is 2.64 bits per heavy atom. The Morgan fingerprint density at radius 1 is 1.44 bits per heavy atom. The van der Waals surface area contributed by atoms with Crippen LogP contribution in [0, 0.1) is 0 Å². The first-order chi connectivity index (χ1) is 11.4. The zero-order valence-corrected chi connectivity index (χ0v) is 15.3. The van der Waals surface area contributed by atoms with Gasteiger partial charge in [0.05, 0.1) is 21.9 Å². The topological polar surface area (TPSA) is 83.5 Å². The predicted molar refractivity (Wildman–Crippen MR) is 84.8 cm³/mol. The van der Waals surface area contributed by atoms with E-state index in [2.05, 4.69) is 0 Å². The largest absolute Gasteiger partial charge is 0.772 e. The van der Waals surface area contributed by atoms with Gasteiger partial charge in [-0.25, -0.2) is 8.42 Å². The van der Waals surface area contributed by atoms with Crippen LogP contribution in [-0.2, 0) is 31.8 Å². The summed E-state index contributed by atoms with van der Waals surface area (Å²) in [6.07, 6.45) is -5.88. The summed E-state index contributed by atoms with van der Waals surface area (Å²) in [5.74, 6) is -0.627. The van der Waals surface area contributed by atoms with Crippen LogP contribution in [0.25, 0.3) is 0 Å². The van der Waals surface area contributed by atoms with E-state index < -0.39 is 59.5 Å². The molecule has 0 saturated carbocycles.